The van der Waals surface area contributed by atoms with E-state index in [0.717, 1.165) is 0 Å². The van der Waals surface area contributed by atoms with E-state index in [-0.39, 0.29) is 24.4 Å². The Labute approximate surface area is 118 Å². The summed E-state index contributed by atoms with van der Waals surface area (Å²) in [4.78, 5) is 24.4. The van der Waals surface area contributed by atoms with Crippen molar-refractivity contribution in [3.63, 3.8) is 0 Å². The Morgan fingerprint density at radius 3 is 2.58 bits per heavy atom. The molecule has 1 aliphatic rings. The van der Waals surface area contributed by atoms with Crippen molar-refractivity contribution < 1.29 is 19.4 Å². The van der Waals surface area contributed by atoms with Gasteiger partial charge in [-0.05, 0) is 27.2 Å². The molecule has 0 aromatic carbocycles. The number of rotatable bonds is 2. The van der Waals surface area contributed by atoms with Gasteiger partial charge in [0.05, 0.1) is 18.7 Å². The number of piperidine rings is 1. The van der Waals surface area contributed by atoms with Gasteiger partial charge in [-0.1, -0.05) is 0 Å². The number of nitrogens with zero attached hydrogens (tertiary/aromatic N) is 1. The van der Waals surface area contributed by atoms with Crippen molar-refractivity contribution in [2.45, 2.75) is 44.9 Å². The number of ether oxygens (including phenoxy) is 1. The minimum absolute atomic E-state index is 0.140. The molecule has 2 amide bonds. The van der Waals surface area contributed by atoms with Crippen LogP contribution in [-0.2, 0) is 9.53 Å². The van der Waals surface area contributed by atoms with E-state index >= 15 is 0 Å². The van der Waals surface area contributed by atoms with Gasteiger partial charge in [-0.15, -0.1) is 11.6 Å². The maximum absolute atomic E-state index is 11.8. The van der Waals surface area contributed by atoms with Gasteiger partial charge in [0.25, 0.3) is 0 Å². The Kier molecular flexibility index (Phi) is 5.43. The summed E-state index contributed by atoms with van der Waals surface area (Å²) in [5.41, 5.74) is -0.564. The van der Waals surface area contributed by atoms with Gasteiger partial charge in [-0.25, -0.2) is 4.79 Å². The second-order valence-corrected chi connectivity index (χ2v) is 5.86. The van der Waals surface area contributed by atoms with Gasteiger partial charge in [0.2, 0.25) is 5.91 Å². The number of amides is 2. The highest BCUT2D eigenvalue weighted by molar-refractivity contribution is 6.27. The summed E-state index contributed by atoms with van der Waals surface area (Å²) in [5, 5.41) is 12.6. The minimum Gasteiger partial charge on any atom is -0.444 e. The highest BCUT2D eigenvalue weighted by Gasteiger charge is 2.32. The summed E-state index contributed by atoms with van der Waals surface area (Å²) in [6, 6.07) is -0.370. The normalized spacial score (nSPS) is 23.9. The maximum Gasteiger partial charge on any atom is 0.410 e. The zero-order valence-electron chi connectivity index (χ0n) is 11.5. The molecule has 0 aromatic rings. The van der Waals surface area contributed by atoms with E-state index in [0.29, 0.717) is 13.0 Å². The number of carbonyl (C=O) groups is 2. The van der Waals surface area contributed by atoms with Crippen LogP contribution in [0.25, 0.3) is 0 Å². The lowest BCUT2D eigenvalue weighted by molar-refractivity contribution is -0.120. The number of carbonyl (C=O) groups excluding carboxylic acids is 2. The monoisotopic (exact) mass is 292 g/mol. The van der Waals surface area contributed by atoms with Crippen molar-refractivity contribution in [3.05, 3.63) is 0 Å². The van der Waals surface area contributed by atoms with Crippen LogP contribution >= 0.6 is 11.6 Å². The third-order valence-electron chi connectivity index (χ3n) is 2.70. The third-order valence-corrected chi connectivity index (χ3v) is 2.94. The van der Waals surface area contributed by atoms with E-state index in [4.69, 9.17) is 16.3 Å². The Balaban J connectivity index is 2.49. The summed E-state index contributed by atoms with van der Waals surface area (Å²) in [7, 11) is 0. The lowest BCUT2D eigenvalue weighted by atomic mass is 10.0. The maximum atomic E-state index is 11.8. The summed E-state index contributed by atoms with van der Waals surface area (Å²) < 4.78 is 5.23. The Morgan fingerprint density at radius 2 is 2.11 bits per heavy atom. The van der Waals surface area contributed by atoms with E-state index in [1.807, 2.05) is 0 Å². The molecule has 2 atom stereocenters. The molecule has 6 nitrogen and oxygen atoms in total. The lowest BCUT2D eigenvalue weighted by Crippen LogP contribution is -2.56. The van der Waals surface area contributed by atoms with Crippen molar-refractivity contribution in [1.82, 2.24) is 10.2 Å². The SMILES string of the molecule is CC(C)(C)OC(=O)N1CC[C@@H](NC(=O)CCl)C(O)C1. The average molecular weight is 293 g/mol. The van der Waals surface area contributed by atoms with Gasteiger partial charge < -0.3 is 20.1 Å². The Morgan fingerprint density at radius 1 is 1.47 bits per heavy atom. The molecule has 2 N–H and O–H groups in total. The second-order valence-electron chi connectivity index (χ2n) is 5.59. The van der Waals surface area contributed by atoms with Gasteiger partial charge in [0, 0.05) is 6.54 Å². The van der Waals surface area contributed by atoms with Gasteiger partial charge in [-0.2, -0.15) is 0 Å². The minimum atomic E-state index is -0.812. The molecule has 19 heavy (non-hydrogen) atoms. The van der Waals surface area contributed by atoms with Gasteiger partial charge in [-0.3, -0.25) is 4.79 Å². The molecule has 1 aliphatic heterocycles. The first-order chi connectivity index (χ1) is 8.73. The number of alkyl halides is 1. The molecule has 0 saturated carbocycles. The molecule has 1 heterocycles. The highest BCUT2D eigenvalue weighted by atomic mass is 35.5. The largest absolute Gasteiger partial charge is 0.444 e. The second kappa shape index (κ2) is 6.43. The smallest absolute Gasteiger partial charge is 0.410 e. The molecule has 0 aromatic heterocycles. The van der Waals surface area contributed by atoms with Crippen LogP contribution in [0.1, 0.15) is 27.2 Å². The number of aliphatic hydroxyl groups excluding tert-OH is 1. The van der Waals surface area contributed by atoms with Crippen LogP contribution in [0.15, 0.2) is 0 Å². The molecule has 110 valence electrons. The Bertz CT molecular complexity index is 343. The van der Waals surface area contributed by atoms with E-state index < -0.39 is 17.8 Å². The molecule has 0 spiro atoms. The zero-order chi connectivity index (χ0) is 14.6. The fourth-order valence-corrected chi connectivity index (χ4v) is 1.91. The zero-order valence-corrected chi connectivity index (χ0v) is 12.2. The predicted molar refractivity (Wildman–Crippen MR) is 71.1 cm³/mol. The van der Waals surface area contributed by atoms with Crippen molar-refractivity contribution in [2.75, 3.05) is 19.0 Å². The first-order valence-electron chi connectivity index (χ1n) is 6.24. The fraction of sp³-hybridized carbons (Fsp3) is 0.833. The number of β-amino-alcohol motifs (C(OH)–C–C–N with tert-alkyl or cyclic N) is 1. The summed E-state index contributed by atoms with van der Waals surface area (Å²) in [5.74, 6) is -0.463. The van der Waals surface area contributed by atoms with Gasteiger partial charge in [0.15, 0.2) is 0 Å². The van der Waals surface area contributed by atoms with Gasteiger partial charge in [0.1, 0.15) is 11.5 Å². The lowest BCUT2D eigenvalue weighted by Gasteiger charge is -2.36. The summed E-state index contributed by atoms with van der Waals surface area (Å²) >= 11 is 5.39. The van der Waals surface area contributed by atoms with E-state index in [1.54, 1.807) is 20.8 Å². The molecule has 1 fully saturated rings. The van der Waals surface area contributed by atoms with Crippen LogP contribution in [0, 0.1) is 0 Å². The van der Waals surface area contributed by atoms with Crippen LogP contribution in [0.3, 0.4) is 0 Å². The molecule has 1 rings (SSSR count). The highest BCUT2D eigenvalue weighted by Crippen LogP contribution is 2.16. The van der Waals surface area contributed by atoms with Crippen molar-refractivity contribution >= 4 is 23.6 Å². The first-order valence-corrected chi connectivity index (χ1v) is 6.77. The number of hydrogen-bond acceptors (Lipinski definition) is 4. The van der Waals surface area contributed by atoms with Crippen molar-refractivity contribution in [1.29, 1.82) is 0 Å². The molecule has 1 saturated heterocycles. The summed E-state index contributed by atoms with van der Waals surface area (Å²) in [6.07, 6.45) is -0.787. The topological polar surface area (TPSA) is 78.9 Å². The molecule has 1 unspecified atom stereocenters. The van der Waals surface area contributed by atoms with Crippen LogP contribution in [0.2, 0.25) is 0 Å². The van der Waals surface area contributed by atoms with Crippen LogP contribution in [-0.4, -0.2) is 58.7 Å². The quantitative estimate of drug-likeness (QED) is 0.735. The number of halogens is 1. The fourth-order valence-electron chi connectivity index (χ4n) is 1.84. The molecular formula is C12H21ClN2O4. The predicted octanol–water partition coefficient (Wildman–Crippen LogP) is 0.712. The summed E-state index contributed by atoms with van der Waals surface area (Å²) in [6.45, 7) is 5.93. The number of nitrogens with one attached hydrogen (secondary N) is 1. The molecule has 7 heteroatoms. The number of likely N-dealkylation sites (tertiary alicyclic amines) is 1. The van der Waals surface area contributed by atoms with Crippen LogP contribution in [0.4, 0.5) is 4.79 Å². The van der Waals surface area contributed by atoms with Crippen molar-refractivity contribution in [3.8, 4) is 0 Å². The third kappa shape index (κ3) is 5.24. The molecular weight excluding hydrogens is 272 g/mol. The van der Waals surface area contributed by atoms with Crippen molar-refractivity contribution in [2.24, 2.45) is 0 Å². The first kappa shape index (κ1) is 16.0. The van der Waals surface area contributed by atoms with E-state index in [2.05, 4.69) is 5.32 Å². The van der Waals surface area contributed by atoms with E-state index in [1.165, 1.54) is 4.90 Å². The molecule has 0 radical (unpaired) electrons. The molecule has 0 aliphatic carbocycles. The van der Waals surface area contributed by atoms with Crippen LogP contribution < -0.4 is 5.32 Å². The number of aliphatic hydroxyl groups is 1. The number of hydrogen-bond donors (Lipinski definition) is 2. The van der Waals surface area contributed by atoms with Crippen LogP contribution in [0.5, 0.6) is 0 Å². The van der Waals surface area contributed by atoms with E-state index in [9.17, 15) is 14.7 Å². The standard InChI is InChI=1S/C12H21ClN2O4/c1-12(2,3)19-11(18)15-5-4-8(9(16)7-15)14-10(17)6-13/h8-9,16H,4-7H2,1-3H3,(H,14,17)/t8-,9?/m1/s1. The molecule has 0 bridgehead atoms. The Hall–Kier alpha value is -1.01. The van der Waals surface area contributed by atoms with Gasteiger partial charge >= 0.3 is 6.09 Å². The average Bonchev–Trinajstić information content (AvgIpc) is 2.29.